The first kappa shape index (κ1) is 20.6. The van der Waals surface area contributed by atoms with Gasteiger partial charge in [-0.05, 0) is 36.6 Å². The van der Waals surface area contributed by atoms with Gasteiger partial charge in [0.05, 0.1) is 7.11 Å². The van der Waals surface area contributed by atoms with E-state index in [1.807, 2.05) is 66.4 Å². The lowest BCUT2D eigenvalue weighted by Crippen LogP contribution is -2.30. The molecule has 1 aromatic heterocycles. The summed E-state index contributed by atoms with van der Waals surface area (Å²) in [5.41, 5.74) is 2.31. The summed E-state index contributed by atoms with van der Waals surface area (Å²) in [4.78, 5) is 14.4. The fourth-order valence-corrected chi connectivity index (χ4v) is 3.09. The summed E-state index contributed by atoms with van der Waals surface area (Å²) in [6, 6.07) is 17.9. The first-order chi connectivity index (χ1) is 14.2. The second kappa shape index (κ2) is 10.4. The molecule has 2 aromatic carbocycles. The van der Waals surface area contributed by atoms with Gasteiger partial charge in [-0.3, -0.25) is 4.79 Å². The van der Waals surface area contributed by atoms with E-state index in [0.717, 1.165) is 17.7 Å². The third-order valence-corrected chi connectivity index (χ3v) is 4.80. The molecule has 3 aromatic rings. The van der Waals surface area contributed by atoms with E-state index >= 15 is 0 Å². The molecule has 0 N–H and O–H groups in total. The second-order valence-corrected chi connectivity index (χ2v) is 6.83. The Labute approximate surface area is 171 Å². The highest BCUT2D eigenvalue weighted by Crippen LogP contribution is 2.14. The number of carbonyl (C=O) groups excluding carboxylic acids is 1. The number of benzene rings is 2. The van der Waals surface area contributed by atoms with Crippen LogP contribution in [0.5, 0.6) is 5.75 Å². The first-order valence-electron chi connectivity index (χ1n) is 9.93. The maximum atomic E-state index is 12.5. The zero-order valence-electron chi connectivity index (χ0n) is 17.0. The van der Waals surface area contributed by atoms with Gasteiger partial charge in [-0.1, -0.05) is 42.5 Å². The molecule has 0 aliphatic rings. The number of amides is 1. The molecular formula is C23H27N3O3. The fraction of sp³-hybridized carbons (Fsp3) is 0.348. The lowest BCUT2D eigenvalue weighted by Gasteiger charge is -2.20. The van der Waals surface area contributed by atoms with E-state index in [0.29, 0.717) is 44.1 Å². The van der Waals surface area contributed by atoms with Crippen molar-refractivity contribution >= 4 is 5.91 Å². The van der Waals surface area contributed by atoms with Gasteiger partial charge >= 0.3 is 0 Å². The van der Waals surface area contributed by atoms with E-state index in [9.17, 15) is 4.79 Å². The molecule has 29 heavy (non-hydrogen) atoms. The average molecular weight is 393 g/mol. The van der Waals surface area contributed by atoms with Crippen molar-refractivity contribution in [3.8, 4) is 5.75 Å². The predicted octanol–water partition coefficient (Wildman–Crippen LogP) is 3.84. The first-order valence-corrected chi connectivity index (χ1v) is 9.93. The summed E-state index contributed by atoms with van der Waals surface area (Å²) < 4.78 is 10.9. The molecule has 0 saturated carbocycles. The van der Waals surface area contributed by atoms with Crippen LogP contribution in [-0.2, 0) is 30.6 Å². The Kier molecular flexibility index (Phi) is 7.39. The Morgan fingerprint density at radius 1 is 0.931 bits per heavy atom. The number of hydrogen-bond acceptors (Lipinski definition) is 5. The molecule has 0 radical (unpaired) electrons. The monoisotopic (exact) mass is 393 g/mol. The van der Waals surface area contributed by atoms with E-state index in [4.69, 9.17) is 9.15 Å². The van der Waals surface area contributed by atoms with Gasteiger partial charge in [0, 0.05) is 32.4 Å². The van der Waals surface area contributed by atoms with Crippen LogP contribution >= 0.6 is 0 Å². The minimum absolute atomic E-state index is 0.0920. The van der Waals surface area contributed by atoms with Crippen molar-refractivity contribution in [1.29, 1.82) is 0 Å². The number of nitrogens with zero attached hydrogens (tertiary/aromatic N) is 3. The van der Waals surface area contributed by atoms with Crippen LogP contribution in [0, 0.1) is 0 Å². The van der Waals surface area contributed by atoms with Crippen LogP contribution in [-0.4, -0.2) is 34.7 Å². The van der Waals surface area contributed by atoms with Gasteiger partial charge in [0.15, 0.2) is 0 Å². The largest absolute Gasteiger partial charge is 0.497 e. The number of carbonyl (C=O) groups is 1. The maximum absolute atomic E-state index is 12.5. The third kappa shape index (κ3) is 6.17. The van der Waals surface area contributed by atoms with Crippen LogP contribution in [0.15, 0.2) is 59.0 Å². The summed E-state index contributed by atoms with van der Waals surface area (Å²) in [6.45, 7) is 3.28. The Balaban J connectivity index is 1.46. The molecule has 0 aliphatic carbocycles. The van der Waals surface area contributed by atoms with Crippen LogP contribution < -0.4 is 4.74 Å². The van der Waals surface area contributed by atoms with E-state index in [-0.39, 0.29) is 5.91 Å². The molecule has 0 fully saturated rings. The number of aromatic nitrogens is 2. The van der Waals surface area contributed by atoms with Crippen LogP contribution in [0.25, 0.3) is 0 Å². The SMILES string of the molecule is CCN(Cc1ccccc1)C(=O)CCc1nnc(CCc2ccc(OC)cc2)o1. The van der Waals surface area contributed by atoms with Crippen LogP contribution in [0.1, 0.15) is 36.3 Å². The molecule has 0 aliphatic heterocycles. The van der Waals surface area contributed by atoms with Gasteiger partial charge in [0.1, 0.15) is 5.75 Å². The second-order valence-electron chi connectivity index (χ2n) is 6.83. The van der Waals surface area contributed by atoms with E-state index in [2.05, 4.69) is 10.2 Å². The Hall–Kier alpha value is -3.15. The normalized spacial score (nSPS) is 10.7. The van der Waals surface area contributed by atoms with Gasteiger partial charge in [0.2, 0.25) is 17.7 Å². The zero-order valence-corrected chi connectivity index (χ0v) is 17.0. The molecule has 6 nitrogen and oxygen atoms in total. The van der Waals surface area contributed by atoms with Crippen molar-refractivity contribution in [3.05, 3.63) is 77.5 Å². The molecule has 0 bridgehead atoms. The molecule has 6 heteroatoms. The van der Waals surface area contributed by atoms with E-state index in [1.54, 1.807) is 7.11 Å². The zero-order chi connectivity index (χ0) is 20.5. The minimum Gasteiger partial charge on any atom is -0.497 e. The molecule has 152 valence electrons. The quantitative estimate of drug-likeness (QED) is 0.523. The topological polar surface area (TPSA) is 68.5 Å². The standard InChI is InChI=1S/C23H27N3O3/c1-3-26(17-19-7-5-4-6-8-19)23(27)16-15-22-25-24-21(29-22)14-11-18-9-12-20(28-2)13-10-18/h4-10,12-13H,3,11,14-17H2,1-2H3. The summed E-state index contributed by atoms with van der Waals surface area (Å²) in [5.74, 6) is 2.04. The summed E-state index contributed by atoms with van der Waals surface area (Å²) >= 11 is 0. The van der Waals surface area contributed by atoms with Crippen molar-refractivity contribution < 1.29 is 13.9 Å². The number of ether oxygens (including phenoxy) is 1. The molecule has 0 unspecified atom stereocenters. The van der Waals surface area contributed by atoms with Crippen molar-refractivity contribution in [2.45, 2.75) is 39.2 Å². The third-order valence-electron chi connectivity index (χ3n) is 4.80. The van der Waals surface area contributed by atoms with Gasteiger partial charge < -0.3 is 14.1 Å². The highest BCUT2D eigenvalue weighted by Gasteiger charge is 2.14. The number of methoxy groups -OCH3 is 1. The molecular weight excluding hydrogens is 366 g/mol. The summed E-state index contributed by atoms with van der Waals surface area (Å²) in [7, 11) is 1.65. The van der Waals surface area contributed by atoms with Crippen LogP contribution in [0.2, 0.25) is 0 Å². The number of hydrogen-bond donors (Lipinski definition) is 0. The van der Waals surface area contributed by atoms with Crippen molar-refractivity contribution in [3.63, 3.8) is 0 Å². The molecule has 1 heterocycles. The van der Waals surface area contributed by atoms with Gasteiger partial charge in [-0.15, -0.1) is 10.2 Å². The van der Waals surface area contributed by atoms with Crippen molar-refractivity contribution in [2.75, 3.05) is 13.7 Å². The van der Waals surface area contributed by atoms with Crippen molar-refractivity contribution in [1.82, 2.24) is 15.1 Å². The summed E-state index contributed by atoms with van der Waals surface area (Å²) in [6.07, 6.45) is 2.30. The summed E-state index contributed by atoms with van der Waals surface area (Å²) in [5, 5.41) is 8.20. The van der Waals surface area contributed by atoms with Gasteiger partial charge in [0.25, 0.3) is 0 Å². The Morgan fingerprint density at radius 3 is 2.28 bits per heavy atom. The Morgan fingerprint density at radius 2 is 1.62 bits per heavy atom. The highest BCUT2D eigenvalue weighted by atomic mass is 16.5. The number of rotatable bonds is 10. The van der Waals surface area contributed by atoms with Gasteiger partial charge in [-0.2, -0.15) is 0 Å². The molecule has 1 amide bonds. The van der Waals surface area contributed by atoms with E-state index in [1.165, 1.54) is 5.56 Å². The van der Waals surface area contributed by atoms with Crippen molar-refractivity contribution in [2.24, 2.45) is 0 Å². The molecule has 0 saturated heterocycles. The minimum atomic E-state index is 0.0920. The lowest BCUT2D eigenvalue weighted by molar-refractivity contribution is -0.131. The molecule has 0 spiro atoms. The lowest BCUT2D eigenvalue weighted by atomic mass is 10.1. The smallest absolute Gasteiger partial charge is 0.223 e. The molecule has 3 rings (SSSR count). The maximum Gasteiger partial charge on any atom is 0.223 e. The van der Waals surface area contributed by atoms with E-state index < -0.39 is 0 Å². The average Bonchev–Trinajstić information content (AvgIpc) is 3.23. The predicted molar refractivity (Wildman–Crippen MR) is 111 cm³/mol. The fourth-order valence-electron chi connectivity index (χ4n) is 3.09. The molecule has 0 atom stereocenters. The van der Waals surface area contributed by atoms with Crippen LogP contribution in [0.4, 0.5) is 0 Å². The highest BCUT2D eigenvalue weighted by molar-refractivity contribution is 5.76. The van der Waals surface area contributed by atoms with Crippen LogP contribution in [0.3, 0.4) is 0 Å². The van der Waals surface area contributed by atoms with Gasteiger partial charge in [-0.25, -0.2) is 0 Å². The number of aryl methyl sites for hydroxylation is 3. The Bertz CT molecular complexity index is 891.